The van der Waals surface area contributed by atoms with Gasteiger partial charge in [-0.1, -0.05) is 26.7 Å². The molecule has 1 unspecified atom stereocenters. The minimum atomic E-state index is -0.500. The van der Waals surface area contributed by atoms with Gasteiger partial charge in [0.2, 0.25) is 0 Å². The van der Waals surface area contributed by atoms with Crippen LogP contribution in [0.4, 0.5) is 0 Å². The molecule has 0 aliphatic heterocycles. The molecule has 0 amide bonds. The zero-order valence-corrected chi connectivity index (χ0v) is 8.27. The fraction of sp³-hybridized carbons (Fsp3) is 1.00. The van der Waals surface area contributed by atoms with E-state index in [1.54, 1.807) is 0 Å². The van der Waals surface area contributed by atoms with Gasteiger partial charge in [-0.15, -0.1) is 0 Å². The Labute approximate surface area is 75.2 Å². The standard InChI is InChI=1S/C10H21NO/c1-9(2)5-3-4-6-10(9,12)7-8-11/h12H,3-8,11H2,1-2H3. The molecule has 0 heterocycles. The molecule has 1 aliphatic rings. The maximum absolute atomic E-state index is 10.3. The van der Waals surface area contributed by atoms with Crippen molar-refractivity contribution >= 4 is 0 Å². The minimum absolute atomic E-state index is 0.0601. The van der Waals surface area contributed by atoms with Crippen molar-refractivity contribution < 1.29 is 5.11 Å². The third kappa shape index (κ3) is 1.64. The molecule has 1 rings (SSSR count). The summed E-state index contributed by atoms with van der Waals surface area (Å²) < 4.78 is 0. The normalized spacial score (nSPS) is 35.0. The highest BCUT2D eigenvalue weighted by molar-refractivity contribution is 4.96. The van der Waals surface area contributed by atoms with E-state index in [0.717, 1.165) is 25.7 Å². The van der Waals surface area contributed by atoms with Gasteiger partial charge in [-0.05, 0) is 31.2 Å². The summed E-state index contributed by atoms with van der Waals surface area (Å²) >= 11 is 0. The first-order chi connectivity index (χ1) is 5.52. The number of hydrogen-bond donors (Lipinski definition) is 2. The Hall–Kier alpha value is -0.0800. The molecular weight excluding hydrogens is 150 g/mol. The van der Waals surface area contributed by atoms with Crippen LogP contribution < -0.4 is 5.73 Å². The average Bonchev–Trinajstić information content (AvgIpc) is 1.96. The van der Waals surface area contributed by atoms with E-state index >= 15 is 0 Å². The molecule has 0 spiro atoms. The van der Waals surface area contributed by atoms with Crippen LogP contribution in [0.3, 0.4) is 0 Å². The molecule has 0 radical (unpaired) electrons. The second-order valence-corrected chi connectivity index (χ2v) is 4.66. The Morgan fingerprint density at radius 3 is 2.33 bits per heavy atom. The molecule has 1 fully saturated rings. The molecule has 0 aromatic carbocycles. The Morgan fingerprint density at radius 1 is 1.25 bits per heavy atom. The maximum Gasteiger partial charge on any atom is 0.0710 e. The van der Waals surface area contributed by atoms with Crippen molar-refractivity contribution in [3.8, 4) is 0 Å². The first-order valence-electron chi connectivity index (χ1n) is 4.94. The van der Waals surface area contributed by atoms with Crippen molar-refractivity contribution in [2.24, 2.45) is 11.1 Å². The molecule has 12 heavy (non-hydrogen) atoms. The highest BCUT2D eigenvalue weighted by atomic mass is 16.3. The lowest BCUT2D eigenvalue weighted by atomic mass is 9.64. The largest absolute Gasteiger partial charge is 0.389 e. The minimum Gasteiger partial charge on any atom is -0.389 e. The predicted molar refractivity (Wildman–Crippen MR) is 50.9 cm³/mol. The van der Waals surface area contributed by atoms with E-state index in [-0.39, 0.29) is 5.41 Å². The summed E-state index contributed by atoms with van der Waals surface area (Å²) in [5.74, 6) is 0. The summed E-state index contributed by atoms with van der Waals surface area (Å²) in [6, 6.07) is 0. The lowest BCUT2D eigenvalue weighted by molar-refractivity contribution is -0.100. The van der Waals surface area contributed by atoms with Gasteiger partial charge < -0.3 is 10.8 Å². The van der Waals surface area contributed by atoms with Crippen LogP contribution in [0.15, 0.2) is 0 Å². The van der Waals surface area contributed by atoms with Gasteiger partial charge >= 0.3 is 0 Å². The highest BCUT2D eigenvalue weighted by Crippen LogP contribution is 2.45. The lowest BCUT2D eigenvalue weighted by Crippen LogP contribution is -2.48. The first-order valence-corrected chi connectivity index (χ1v) is 4.94. The van der Waals surface area contributed by atoms with E-state index < -0.39 is 5.60 Å². The van der Waals surface area contributed by atoms with Crippen molar-refractivity contribution in [3.63, 3.8) is 0 Å². The van der Waals surface area contributed by atoms with Crippen molar-refractivity contribution in [1.82, 2.24) is 0 Å². The fourth-order valence-corrected chi connectivity index (χ4v) is 2.26. The molecule has 0 saturated heterocycles. The van der Waals surface area contributed by atoms with Crippen LogP contribution in [-0.2, 0) is 0 Å². The van der Waals surface area contributed by atoms with E-state index in [9.17, 15) is 5.11 Å². The number of nitrogens with two attached hydrogens (primary N) is 1. The summed E-state index contributed by atoms with van der Waals surface area (Å²) in [6.45, 7) is 4.91. The summed E-state index contributed by atoms with van der Waals surface area (Å²) in [5, 5.41) is 10.3. The van der Waals surface area contributed by atoms with Crippen molar-refractivity contribution in [2.45, 2.75) is 51.6 Å². The van der Waals surface area contributed by atoms with Gasteiger partial charge in [0, 0.05) is 0 Å². The van der Waals surface area contributed by atoms with E-state index in [2.05, 4.69) is 13.8 Å². The van der Waals surface area contributed by atoms with Crippen LogP contribution in [0.25, 0.3) is 0 Å². The molecule has 72 valence electrons. The molecule has 1 aliphatic carbocycles. The molecule has 0 aromatic rings. The van der Waals surface area contributed by atoms with Crippen LogP contribution in [0.2, 0.25) is 0 Å². The first kappa shape index (κ1) is 10.0. The fourth-order valence-electron chi connectivity index (χ4n) is 2.26. The van der Waals surface area contributed by atoms with Crippen LogP contribution >= 0.6 is 0 Å². The van der Waals surface area contributed by atoms with E-state index in [1.165, 1.54) is 6.42 Å². The SMILES string of the molecule is CC1(C)CCCCC1(O)CCN. The molecule has 1 atom stereocenters. The maximum atomic E-state index is 10.3. The second-order valence-electron chi connectivity index (χ2n) is 4.66. The predicted octanol–water partition coefficient (Wildman–Crippen LogP) is 1.67. The second kappa shape index (κ2) is 3.35. The smallest absolute Gasteiger partial charge is 0.0710 e. The van der Waals surface area contributed by atoms with Crippen LogP contribution in [0.5, 0.6) is 0 Å². The van der Waals surface area contributed by atoms with E-state index in [0.29, 0.717) is 6.54 Å². The van der Waals surface area contributed by atoms with Gasteiger partial charge in [-0.25, -0.2) is 0 Å². The van der Waals surface area contributed by atoms with E-state index in [1.807, 2.05) is 0 Å². The topological polar surface area (TPSA) is 46.2 Å². The quantitative estimate of drug-likeness (QED) is 0.664. The van der Waals surface area contributed by atoms with Gasteiger partial charge in [-0.2, -0.15) is 0 Å². The Kier molecular flexibility index (Phi) is 2.79. The van der Waals surface area contributed by atoms with Crippen molar-refractivity contribution in [2.75, 3.05) is 6.54 Å². The molecule has 1 saturated carbocycles. The third-order valence-corrected chi connectivity index (χ3v) is 3.46. The number of hydrogen-bond acceptors (Lipinski definition) is 2. The zero-order valence-electron chi connectivity index (χ0n) is 8.27. The number of rotatable bonds is 2. The summed E-state index contributed by atoms with van der Waals surface area (Å²) in [5.41, 5.74) is 5.07. The van der Waals surface area contributed by atoms with Crippen LogP contribution in [0, 0.1) is 5.41 Å². The van der Waals surface area contributed by atoms with Gasteiger partial charge in [0.25, 0.3) is 0 Å². The Bertz CT molecular complexity index is 152. The number of aliphatic hydroxyl groups is 1. The van der Waals surface area contributed by atoms with Gasteiger partial charge in [-0.3, -0.25) is 0 Å². The Morgan fingerprint density at radius 2 is 1.83 bits per heavy atom. The average molecular weight is 171 g/mol. The van der Waals surface area contributed by atoms with Crippen molar-refractivity contribution in [3.05, 3.63) is 0 Å². The van der Waals surface area contributed by atoms with Gasteiger partial charge in [0.15, 0.2) is 0 Å². The third-order valence-electron chi connectivity index (χ3n) is 3.46. The molecule has 0 bridgehead atoms. The van der Waals surface area contributed by atoms with Crippen LogP contribution in [-0.4, -0.2) is 17.3 Å². The summed E-state index contributed by atoms with van der Waals surface area (Å²) in [4.78, 5) is 0. The molecule has 2 heteroatoms. The molecular formula is C10H21NO. The molecule has 2 nitrogen and oxygen atoms in total. The highest BCUT2D eigenvalue weighted by Gasteiger charge is 2.43. The zero-order chi connectivity index (χ0) is 9.24. The summed E-state index contributed by atoms with van der Waals surface area (Å²) in [6.07, 6.45) is 5.21. The summed E-state index contributed by atoms with van der Waals surface area (Å²) in [7, 11) is 0. The lowest BCUT2D eigenvalue weighted by Gasteiger charge is -2.46. The molecule has 3 N–H and O–H groups in total. The van der Waals surface area contributed by atoms with Gasteiger partial charge in [0.05, 0.1) is 5.60 Å². The Balaban J connectivity index is 2.69. The van der Waals surface area contributed by atoms with E-state index in [4.69, 9.17) is 5.73 Å². The van der Waals surface area contributed by atoms with Crippen molar-refractivity contribution in [1.29, 1.82) is 0 Å². The van der Waals surface area contributed by atoms with Crippen LogP contribution in [0.1, 0.15) is 46.0 Å². The molecule has 0 aromatic heterocycles. The van der Waals surface area contributed by atoms with Gasteiger partial charge in [0.1, 0.15) is 0 Å². The monoisotopic (exact) mass is 171 g/mol.